The average molecular weight is 137 g/mol. The molecule has 0 aliphatic heterocycles. The molecule has 0 aliphatic carbocycles. The maximum atomic E-state index is 10.0. The molecular weight excluding hydrogens is 128 g/mol. The molecule has 1 unspecified atom stereocenters. The summed E-state index contributed by atoms with van der Waals surface area (Å²) in [6, 6.07) is 0. The van der Waals surface area contributed by atoms with E-state index in [2.05, 4.69) is 0 Å². The molecule has 0 rings (SSSR count). The topological polar surface area (TPSA) is 37.3 Å². The van der Waals surface area contributed by atoms with Crippen LogP contribution in [-0.4, -0.2) is 17.0 Å². The standard InChI is InChI=1S/C5H9ClO2/c1-4(2-3-6)5(7)8/h4H,2-3H2,1H3,(H,7,8). The molecule has 0 radical (unpaired) electrons. The fourth-order valence-electron chi connectivity index (χ4n) is 0.287. The Kier molecular flexibility index (Phi) is 3.61. The predicted octanol–water partition coefficient (Wildman–Crippen LogP) is 1.34. The molecule has 0 aliphatic rings. The van der Waals surface area contributed by atoms with Crippen LogP contribution in [-0.2, 0) is 4.79 Å². The number of carboxylic acids is 1. The molecule has 0 spiro atoms. The van der Waals surface area contributed by atoms with Crippen LogP contribution in [0.5, 0.6) is 0 Å². The van der Waals surface area contributed by atoms with Crippen LogP contribution in [0.4, 0.5) is 0 Å². The third-order valence-electron chi connectivity index (χ3n) is 0.964. The number of hydrogen-bond acceptors (Lipinski definition) is 1. The zero-order valence-electron chi connectivity index (χ0n) is 4.72. The van der Waals surface area contributed by atoms with Crippen LogP contribution in [0.2, 0.25) is 0 Å². The van der Waals surface area contributed by atoms with Crippen LogP contribution in [0, 0.1) is 5.92 Å². The van der Waals surface area contributed by atoms with Gasteiger partial charge in [0.25, 0.3) is 0 Å². The van der Waals surface area contributed by atoms with Crippen molar-refractivity contribution in [3.8, 4) is 0 Å². The second-order valence-corrected chi connectivity index (χ2v) is 2.09. The van der Waals surface area contributed by atoms with E-state index in [1.54, 1.807) is 6.92 Å². The van der Waals surface area contributed by atoms with E-state index in [-0.39, 0.29) is 5.92 Å². The van der Waals surface area contributed by atoms with Crippen LogP contribution in [0.25, 0.3) is 0 Å². The van der Waals surface area contributed by atoms with Crippen molar-refractivity contribution < 1.29 is 9.90 Å². The Labute approximate surface area is 53.5 Å². The number of carboxylic acid groups (broad SMARTS) is 1. The van der Waals surface area contributed by atoms with Crippen molar-refractivity contribution in [3.63, 3.8) is 0 Å². The Morgan fingerprint density at radius 1 is 1.88 bits per heavy atom. The van der Waals surface area contributed by atoms with Crippen molar-refractivity contribution >= 4 is 17.6 Å². The van der Waals surface area contributed by atoms with E-state index in [0.29, 0.717) is 12.3 Å². The summed E-state index contributed by atoms with van der Waals surface area (Å²) in [7, 11) is 0. The molecule has 1 atom stereocenters. The number of rotatable bonds is 3. The van der Waals surface area contributed by atoms with E-state index in [4.69, 9.17) is 16.7 Å². The molecule has 1 N–H and O–H groups in total. The predicted molar refractivity (Wildman–Crippen MR) is 32.1 cm³/mol. The van der Waals surface area contributed by atoms with Gasteiger partial charge in [0, 0.05) is 5.88 Å². The minimum atomic E-state index is -0.773. The monoisotopic (exact) mass is 136 g/mol. The SMILES string of the molecule is CC(CCCl)C(=O)O. The van der Waals surface area contributed by atoms with Crippen LogP contribution in [0.3, 0.4) is 0 Å². The lowest BCUT2D eigenvalue weighted by Crippen LogP contribution is -2.09. The molecule has 0 heterocycles. The lowest BCUT2D eigenvalue weighted by Gasteiger charge is -1.99. The Bertz CT molecular complexity index is 82.5. The van der Waals surface area contributed by atoms with Gasteiger partial charge in [-0.15, -0.1) is 11.6 Å². The summed E-state index contributed by atoms with van der Waals surface area (Å²) in [5.74, 6) is -0.647. The lowest BCUT2D eigenvalue weighted by molar-refractivity contribution is -0.141. The van der Waals surface area contributed by atoms with Gasteiger partial charge in [-0.25, -0.2) is 0 Å². The molecule has 0 bridgehead atoms. The second-order valence-electron chi connectivity index (χ2n) is 1.72. The minimum Gasteiger partial charge on any atom is -0.481 e. The fraction of sp³-hybridized carbons (Fsp3) is 0.800. The quantitative estimate of drug-likeness (QED) is 0.595. The van der Waals surface area contributed by atoms with Gasteiger partial charge in [-0.1, -0.05) is 6.92 Å². The zero-order valence-corrected chi connectivity index (χ0v) is 5.48. The van der Waals surface area contributed by atoms with E-state index >= 15 is 0 Å². The van der Waals surface area contributed by atoms with Gasteiger partial charge in [0.1, 0.15) is 0 Å². The van der Waals surface area contributed by atoms with E-state index in [9.17, 15) is 4.79 Å². The highest BCUT2D eigenvalue weighted by atomic mass is 35.5. The van der Waals surface area contributed by atoms with Crippen LogP contribution < -0.4 is 0 Å². The molecule has 0 saturated heterocycles. The summed E-state index contributed by atoms with van der Waals surface area (Å²) in [5, 5.41) is 8.25. The molecule has 0 amide bonds. The Hall–Kier alpha value is -0.240. The van der Waals surface area contributed by atoms with Crippen molar-refractivity contribution in [2.24, 2.45) is 5.92 Å². The van der Waals surface area contributed by atoms with E-state index in [1.165, 1.54) is 0 Å². The van der Waals surface area contributed by atoms with Crippen LogP contribution >= 0.6 is 11.6 Å². The molecule has 0 fully saturated rings. The Morgan fingerprint density at radius 3 is 2.50 bits per heavy atom. The third-order valence-corrected chi connectivity index (χ3v) is 1.18. The first-order chi connectivity index (χ1) is 3.68. The van der Waals surface area contributed by atoms with Gasteiger partial charge in [0.05, 0.1) is 5.92 Å². The minimum absolute atomic E-state index is 0.299. The largest absolute Gasteiger partial charge is 0.481 e. The Morgan fingerprint density at radius 2 is 2.38 bits per heavy atom. The summed E-state index contributed by atoms with van der Waals surface area (Å²) < 4.78 is 0. The summed E-state index contributed by atoms with van der Waals surface area (Å²) in [6.07, 6.45) is 0.552. The highest BCUT2D eigenvalue weighted by Gasteiger charge is 2.07. The van der Waals surface area contributed by atoms with Gasteiger partial charge in [0.15, 0.2) is 0 Å². The summed E-state index contributed by atoms with van der Waals surface area (Å²) in [6.45, 7) is 1.64. The molecule has 2 nitrogen and oxygen atoms in total. The van der Waals surface area contributed by atoms with E-state index in [1.807, 2.05) is 0 Å². The van der Waals surface area contributed by atoms with Crippen molar-refractivity contribution in [1.29, 1.82) is 0 Å². The van der Waals surface area contributed by atoms with Crippen molar-refractivity contribution in [2.75, 3.05) is 5.88 Å². The summed E-state index contributed by atoms with van der Waals surface area (Å²) in [5.41, 5.74) is 0. The van der Waals surface area contributed by atoms with Gasteiger partial charge in [0.2, 0.25) is 0 Å². The molecule has 0 aromatic rings. The third kappa shape index (κ3) is 2.86. The van der Waals surface area contributed by atoms with Crippen LogP contribution in [0.15, 0.2) is 0 Å². The Balaban J connectivity index is 3.32. The first kappa shape index (κ1) is 7.76. The highest BCUT2D eigenvalue weighted by molar-refractivity contribution is 6.17. The molecule has 0 aromatic carbocycles. The average Bonchev–Trinajstić information content (AvgIpc) is 1.67. The number of hydrogen-bond donors (Lipinski definition) is 1. The van der Waals surface area contributed by atoms with Gasteiger partial charge >= 0.3 is 5.97 Å². The fourth-order valence-corrected chi connectivity index (χ4v) is 0.614. The molecular formula is C5H9ClO2. The first-order valence-electron chi connectivity index (χ1n) is 2.47. The molecule has 3 heteroatoms. The zero-order chi connectivity index (χ0) is 6.57. The molecule has 0 saturated carbocycles. The van der Waals surface area contributed by atoms with Gasteiger partial charge < -0.3 is 5.11 Å². The van der Waals surface area contributed by atoms with Crippen molar-refractivity contribution in [1.82, 2.24) is 0 Å². The van der Waals surface area contributed by atoms with E-state index in [0.717, 1.165) is 0 Å². The number of alkyl halides is 1. The molecule has 8 heavy (non-hydrogen) atoms. The second kappa shape index (κ2) is 3.72. The number of aliphatic carboxylic acids is 1. The summed E-state index contributed by atoms with van der Waals surface area (Å²) in [4.78, 5) is 10.0. The normalized spacial score (nSPS) is 13.2. The number of halogens is 1. The maximum absolute atomic E-state index is 10.0. The summed E-state index contributed by atoms with van der Waals surface area (Å²) >= 11 is 5.28. The first-order valence-corrected chi connectivity index (χ1v) is 3.00. The van der Waals surface area contributed by atoms with Crippen LogP contribution in [0.1, 0.15) is 13.3 Å². The number of carbonyl (C=O) groups is 1. The van der Waals surface area contributed by atoms with Crippen molar-refractivity contribution in [2.45, 2.75) is 13.3 Å². The van der Waals surface area contributed by atoms with Gasteiger partial charge in [-0.05, 0) is 6.42 Å². The van der Waals surface area contributed by atoms with Gasteiger partial charge in [-0.2, -0.15) is 0 Å². The smallest absolute Gasteiger partial charge is 0.306 e. The van der Waals surface area contributed by atoms with Gasteiger partial charge in [-0.3, -0.25) is 4.79 Å². The lowest BCUT2D eigenvalue weighted by atomic mass is 10.1. The molecule has 0 aromatic heterocycles. The maximum Gasteiger partial charge on any atom is 0.306 e. The van der Waals surface area contributed by atoms with E-state index < -0.39 is 5.97 Å². The highest BCUT2D eigenvalue weighted by Crippen LogP contribution is 2.01. The van der Waals surface area contributed by atoms with Crippen molar-refractivity contribution in [3.05, 3.63) is 0 Å². The molecule has 48 valence electrons.